The van der Waals surface area contributed by atoms with E-state index >= 15 is 0 Å². The standard InChI is InChI=1S/C16H20ClN5OS/c1-11-4-3-7-21(9-11)14(23)10-24-16-20-19-15(22(16)18)12-5-2-6-13(17)8-12/h2,5-6,8,11H,3-4,7,9-10,18H2,1H3/t11-/m0/s1. The summed E-state index contributed by atoms with van der Waals surface area (Å²) in [5.41, 5.74) is 0.792. The molecule has 0 spiro atoms. The quantitative estimate of drug-likeness (QED) is 0.665. The molecule has 1 aliphatic rings. The number of rotatable bonds is 4. The van der Waals surface area contributed by atoms with Gasteiger partial charge in [0.1, 0.15) is 0 Å². The van der Waals surface area contributed by atoms with Gasteiger partial charge >= 0.3 is 0 Å². The van der Waals surface area contributed by atoms with Crippen LogP contribution in [0.5, 0.6) is 0 Å². The van der Waals surface area contributed by atoms with Crippen molar-refractivity contribution in [2.45, 2.75) is 24.9 Å². The maximum atomic E-state index is 12.3. The number of amides is 1. The number of carbonyl (C=O) groups excluding carboxylic acids is 1. The molecule has 1 aromatic carbocycles. The van der Waals surface area contributed by atoms with Gasteiger partial charge in [0.2, 0.25) is 11.1 Å². The highest BCUT2D eigenvalue weighted by molar-refractivity contribution is 7.99. The Kier molecular flexibility index (Phi) is 5.30. The van der Waals surface area contributed by atoms with E-state index in [9.17, 15) is 4.79 Å². The van der Waals surface area contributed by atoms with Crippen molar-refractivity contribution in [3.8, 4) is 11.4 Å². The molecule has 1 atom stereocenters. The van der Waals surface area contributed by atoms with Crippen LogP contribution in [0.4, 0.5) is 0 Å². The SMILES string of the molecule is C[C@H]1CCCN(C(=O)CSc2nnc(-c3cccc(Cl)c3)n2N)C1. The fourth-order valence-corrected chi connectivity index (χ4v) is 3.78. The average molecular weight is 366 g/mol. The summed E-state index contributed by atoms with van der Waals surface area (Å²) in [7, 11) is 0. The zero-order chi connectivity index (χ0) is 17.1. The molecule has 1 saturated heterocycles. The molecular formula is C16H20ClN5OS. The summed E-state index contributed by atoms with van der Waals surface area (Å²) in [4.78, 5) is 14.3. The van der Waals surface area contributed by atoms with E-state index in [0.29, 0.717) is 27.7 Å². The van der Waals surface area contributed by atoms with E-state index in [2.05, 4.69) is 17.1 Å². The van der Waals surface area contributed by atoms with Gasteiger partial charge in [-0.2, -0.15) is 0 Å². The van der Waals surface area contributed by atoms with Crippen LogP contribution in [-0.4, -0.2) is 44.5 Å². The number of hydrogen-bond acceptors (Lipinski definition) is 5. The third-order valence-corrected chi connectivity index (χ3v) is 5.24. The van der Waals surface area contributed by atoms with Gasteiger partial charge in [-0.25, -0.2) is 4.68 Å². The van der Waals surface area contributed by atoms with Gasteiger partial charge in [0, 0.05) is 23.7 Å². The summed E-state index contributed by atoms with van der Waals surface area (Å²) in [5.74, 6) is 7.61. The van der Waals surface area contributed by atoms with Gasteiger partial charge in [0.05, 0.1) is 5.75 Å². The Morgan fingerprint density at radius 3 is 3.04 bits per heavy atom. The van der Waals surface area contributed by atoms with Crippen LogP contribution in [0.3, 0.4) is 0 Å². The minimum Gasteiger partial charge on any atom is -0.342 e. The first-order valence-electron chi connectivity index (χ1n) is 7.91. The monoisotopic (exact) mass is 365 g/mol. The number of likely N-dealkylation sites (tertiary alicyclic amines) is 1. The van der Waals surface area contributed by atoms with Gasteiger partial charge in [0.25, 0.3) is 0 Å². The minimum atomic E-state index is 0.124. The molecular weight excluding hydrogens is 346 g/mol. The Morgan fingerprint density at radius 1 is 1.46 bits per heavy atom. The molecule has 24 heavy (non-hydrogen) atoms. The Morgan fingerprint density at radius 2 is 2.29 bits per heavy atom. The summed E-state index contributed by atoms with van der Waals surface area (Å²) in [6.07, 6.45) is 2.26. The van der Waals surface area contributed by atoms with Crippen LogP contribution in [0.15, 0.2) is 29.4 Å². The highest BCUT2D eigenvalue weighted by atomic mass is 35.5. The first-order chi connectivity index (χ1) is 11.5. The molecule has 0 unspecified atom stereocenters. The Balaban J connectivity index is 1.65. The largest absolute Gasteiger partial charge is 0.342 e. The van der Waals surface area contributed by atoms with Gasteiger partial charge < -0.3 is 10.7 Å². The predicted octanol–water partition coefficient (Wildman–Crippen LogP) is 2.66. The maximum Gasteiger partial charge on any atom is 0.233 e. The molecule has 1 fully saturated rings. The fourth-order valence-electron chi connectivity index (χ4n) is 2.83. The molecule has 128 valence electrons. The minimum absolute atomic E-state index is 0.124. The summed E-state index contributed by atoms with van der Waals surface area (Å²) in [6.45, 7) is 3.86. The molecule has 0 radical (unpaired) electrons. The fraction of sp³-hybridized carbons (Fsp3) is 0.438. The molecule has 1 aliphatic heterocycles. The number of piperidine rings is 1. The van der Waals surface area contributed by atoms with E-state index in [1.54, 1.807) is 12.1 Å². The van der Waals surface area contributed by atoms with Crippen molar-refractivity contribution >= 4 is 29.3 Å². The highest BCUT2D eigenvalue weighted by Crippen LogP contribution is 2.24. The summed E-state index contributed by atoms with van der Waals surface area (Å²) in [5, 5.41) is 9.33. The van der Waals surface area contributed by atoms with Crippen molar-refractivity contribution in [1.82, 2.24) is 19.8 Å². The second-order valence-corrected chi connectivity index (χ2v) is 7.44. The molecule has 0 saturated carbocycles. The molecule has 2 N–H and O–H groups in total. The number of nitrogens with two attached hydrogens (primary N) is 1. The van der Waals surface area contributed by atoms with E-state index in [-0.39, 0.29) is 5.91 Å². The Labute approximate surface area is 150 Å². The molecule has 1 aromatic heterocycles. The third-order valence-electron chi connectivity index (χ3n) is 4.08. The van der Waals surface area contributed by atoms with Crippen LogP contribution in [0.2, 0.25) is 5.02 Å². The van der Waals surface area contributed by atoms with Crippen LogP contribution >= 0.6 is 23.4 Å². The first kappa shape index (κ1) is 17.1. The van der Waals surface area contributed by atoms with Gasteiger partial charge in [-0.1, -0.05) is 42.4 Å². The lowest BCUT2D eigenvalue weighted by molar-refractivity contribution is -0.130. The van der Waals surface area contributed by atoms with Crippen molar-refractivity contribution in [3.05, 3.63) is 29.3 Å². The normalized spacial score (nSPS) is 17.9. The Bertz CT molecular complexity index is 735. The van der Waals surface area contributed by atoms with Crippen LogP contribution in [0, 0.1) is 5.92 Å². The summed E-state index contributed by atoms with van der Waals surface area (Å²) in [6, 6.07) is 7.27. The first-order valence-corrected chi connectivity index (χ1v) is 9.28. The number of aromatic nitrogens is 3. The molecule has 0 bridgehead atoms. The zero-order valence-electron chi connectivity index (χ0n) is 13.5. The molecule has 2 heterocycles. The van der Waals surface area contributed by atoms with E-state index in [0.717, 1.165) is 25.1 Å². The van der Waals surface area contributed by atoms with Crippen LogP contribution in [0.25, 0.3) is 11.4 Å². The molecule has 0 aliphatic carbocycles. The predicted molar refractivity (Wildman–Crippen MR) is 96.3 cm³/mol. The maximum absolute atomic E-state index is 12.3. The van der Waals surface area contributed by atoms with E-state index < -0.39 is 0 Å². The van der Waals surface area contributed by atoms with Gasteiger partial charge in [-0.05, 0) is 30.9 Å². The molecule has 3 rings (SSSR count). The molecule has 1 amide bonds. The van der Waals surface area contributed by atoms with Crippen LogP contribution < -0.4 is 5.84 Å². The topological polar surface area (TPSA) is 77.0 Å². The van der Waals surface area contributed by atoms with E-state index in [1.165, 1.54) is 22.9 Å². The zero-order valence-corrected chi connectivity index (χ0v) is 15.1. The lowest BCUT2D eigenvalue weighted by Gasteiger charge is -2.30. The summed E-state index contributed by atoms with van der Waals surface area (Å²) >= 11 is 7.31. The highest BCUT2D eigenvalue weighted by Gasteiger charge is 2.22. The van der Waals surface area contributed by atoms with Crippen molar-refractivity contribution in [1.29, 1.82) is 0 Å². The smallest absolute Gasteiger partial charge is 0.233 e. The average Bonchev–Trinajstić information content (AvgIpc) is 2.93. The lowest BCUT2D eigenvalue weighted by Crippen LogP contribution is -2.40. The third kappa shape index (κ3) is 3.84. The van der Waals surface area contributed by atoms with Gasteiger partial charge in [-0.3, -0.25) is 4.79 Å². The van der Waals surface area contributed by atoms with Crippen LogP contribution in [0.1, 0.15) is 19.8 Å². The second-order valence-electron chi connectivity index (χ2n) is 6.06. The van der Waals surface area contributed by atoms with E-state index in [1.807, 2.05) is 17.0 Å². The number of carbonyl (C=O) groups is 1. The van der Waals surface area contributed by atoms with Crippen LogP contribution in [-0.2, 0) is 4.79 Å². The molecule has 2 aromatic rings. The second kappa shape index (κ2) is 7.44. The van der Waals surface area contributed by atoms with Gasteiger partial charge in [-0.15, -0.1) is 10.2 Å². The number of hydrogen-bond donors (Lipinski definition) is 1. The van der Waals surface area contributed by atoms with E-state index in [4.69, 9.17) is 17.4 Å². The number of nitrogens with zero attached hydrogens (tertiary/aromatic N) is 4. The van der Waals surface area contributed by atoms with Crippen molar-refractivity contribution in [2.75, 3.05) is 24.7 Å². The van der Waals surface area contributed by atoms with Crippen molar-refractivity contribution in [2.24, 2.45) is 5.92 Å². The van der Waals surface area contributed by atoms with Gasteiger partial charge in [0.15, 0.2) is 5.82 Å². The summed E-state index contributed by atoms with van der Waals surface area (Å²) < 4.78 is 1.41. The number of thioether (sulfide) groups is 1. The number of halogens is 1. The number of nitrogen functional groups attached to an aromatic ring is 1. The van der Waals surface area contributed by atoms with Crippen molar-refractivity contribution in [3.63, 3.8) is 0 Å². The lowest BCUT2D eigenvalue weighted by atomic mass is 10.0. The number of benzene rings is 1. The Hall–Kier alpha value is -1.73. The molecule has 8 heteroatoms. The molecule has 6 nitrogen and oxygen atoms in total. The van der Waals surface area contributed by atoms with Crippen molar-refractivity contribution < 1.29 is 4.79 Å².